The van der Waals surface area contributed by atoms with Crippen LogP contribution in [0.25, 0.3) is 10.8 Å². The molecule has 2 N–H and O–H groups in total. The summed E-state index contributed by atoms with van der Waals surface area (Å²) in [6.45, 7) is 5.53. The molecule has 0 amide bonds. The molecule has 0 saturated heterocycles. The number of esters is 1. The fraction of sp³-hybridized carbons (Fsp3) is 0.263. The lowest BCUT2D eigenvalue weighted by Crippen LogP contribution is -2.45. The maximum absolute atomic E-state index is 12.6. The quantitative estimate of drug-likeness (QED) is 0.661. The van der Waals surface area contributed by atoms with E-state index < -0.39 is 0 Å². The summed E-state index contributed by atoms with van der Waals surface area (Å²) in [6, 6.07) is 14.0. The summed E-state index contributed by atoms with van der Waals surface area (Å²) in [7, 11) is 0. The van der Waals surface area contributed by atoms with Gasteiger partial charge in [0.05, 0.1) is 17.7 Å². The number of fused-ring (bicyclic) bond motifs is 1. The molecule has 0 radical (unpaired) electrons. The number of allylic oxidation sites excluding steroid dienone is 1. The molecular weight excluding hydrogens is 320 g/mol. The minimum Gasteiger partial charge on any atom is -0.459 e. The van der Waals surface area contributed by atoms with Gasteiger partial charge in [0.1, 0.15) is 0 Å². The molecule has 3 rings (SSSR count). The van der Waals surface area contributed by atoms with Crippen LogP contribution < -0.4 is 10.6 Å². The van der Waals surface area contributed by atoms with Crippen LogP contribution in [0.2, 0.25) is 0 Å². The second kappa shape index (κ2) is 6.61. The third-order valence-electron chi connectivity index (χ3n) is 3.94. The third-order valence-corrected chi connectivity index (χ3v) is 4.16. The van der Waals surface area contributed by atoms with Crippen molar-refractivity contribution in [1.82, 2.24) is 10.6 Å². The number of carbonyl (C=O) groups excluding carboxylic acids is 1. The summed E-state index contributed by atoms with van der Waals surface area (Å²) >= 11 is 5.27. The minimum absolute atomic E-state index is 0.177. The van der Waals surface area contributed by atoms with Gasteiger partial charge >= 0.3 is 5.97 Å². The summed E-state index contributed by atoms with van der Waals surface area (Å²) < 4.78 is 5.41. The molecule has 0 bridgehead atoms. The van der Waals surface area contributed by atoms with Crippen LogP contribution in [0, 0.1) is 0 Å². The summed E-state index contributed by atoms with van der Waals surface area (Å²) in [5.41, 5.74) is 2.27. The van der Waals surface area contributed by atoms with Crippen molar-refractivity contribution in [2.45, 2.75) is 32.9 Å². The van der Waals surface area contributed by atoms with Crippen molar-refractivity contribution in [1.29, 1.82) is 0 Å². The lowest BCUT2D eigenvalue weighted by molar-refractivity contribution is -0.143. The number of nitrogens with one attached hydrogen (secondary N) is 2. The fourth-order valence-electron chi connectivity index (χ4n) is 2.88. The van der Waals surface area contributed by atoms with Gasteiger partial charge in [-0.2, -0.15) is 0 Å². The predicted octanol–water partition coefficient (Wildman–Crippen LogP) is 3.58. The number of hydrogen-bond acceptors (Lipinski definition) is 3. The van der Waals surface area contributed by atoms with Crippen LogP contribution in [0.15, 0.2) is 53.7 Å². The normalized spacial score (nSPS) is 17.7. The highest BCUT2D eigenvalue weighted by Crippen LogP contribution is 2.30. The van der Waals surface area contributed by atoms with Gasteiger partial charge in [0.2, 0.25) is 0 Å². The van der Waals surface area contributed by atoms with E-state index in [2.05, 4.69) is 34.9 Å². The zero-order valence-corrected chi connectivity index (χ0v) is 14.7. The summed E-state index contributed by atoms with van der Waals surface area (Å²) in [4.78, 5) is 12.6. The summed E-state index contributed by atoms with van der Waals surface area (Å²) in [5, 5.41) is 9.00. The Morgan fingerprint density at radius 2 is 1.88 bits per heavy atom. The first-order valence-electron chi connectivity index (χ1n) is 7.93. The van der Waals surface area contributed by atoms with Gasteiger partial charge < -0.3 is 15.4 Å². The Labute approximate surface area is 146 Å². The van der Waals surface area contributed by atoms with Crippen LogP contribution in [-0.2, 0) is 9.53 Å². The first-order chi connectivity index (χ1) is 11.5. The van der Waals surface area contributed by atoms with E-state index in [-0.39, 0.29) is 18.1 Å². The number of hydrogen-bond donors (Lipinski definition) is 2. The zero-order chi connectivity index (χ0) is 17.3. The van der Waals surface area contributed by atoms with E-state index in [4.69, 9.17) is 17.0 Å². The van der Waals surface area contributed by atoms with Crippen molar-refractivity contribution in [2.24, 2.45) is 0 Å². The van der Waals surface area contributed by atoms with Crippen LogP contribution in [0.5, 0.6) is 0 Å². The molecule has 1 aliphatic rings. The first-order valence-corrected chi connectivity index (χ1v) is 8.34. The van der Waals surface area contributed by atoms with Gasteiger partial charge in [-0.3, -0.25) is 0 Å². The Morgan fingerprint density at radius 1 is 1.17 bits per heavy atom. The van der Waals surface area contributed by atoms with Crippen molar-refractivity contribution in [3.63, 3.8) is 0 Å². The van der Waals surface area contributed by atoms with Crippen LogP contribution in [0.3, 0.4) is 0 Å². The van der Waals surface area contributed by atoms with Crippen molar-refractivity contribution in [2.75, 3.05) is 0 Å². The number of ether oxygens (including phenoxy) is 1. The van der Waals surface area contributed by atoms with Gasteiger partial charge in [-0.05, 0) is 55.4 Å². The number of carbonyl (C=O) groups is 1. The van der Waals surface area contributed by atoms with E-state index >= 15 is 0 Å². The predicted molar refractivity (Wildman–Crippen MR) is 99.5 cm³/mol. The van der Waals surface area contributed by atoms with Crippen molar-refractivity contribution in [3.8, 4) is 0 Å². The molecular formula is C19H20N2O2S. The van der Waals surface area contributed by atoms with Gasteiger partial charge in [0.15, 0.2) is 5.11 Å². The van der Waals surface area contributed by atoms with Gasteiger partial charge in [-0.15, -0.1) is 0 Å². The van der Waals surface area contributed by atoms with Crippen LogP contribution >= 0.6 is 12.2 Å². The second-order valence-electron chi connectivity index (χ2n) is 6.13. The molecule has 0 aromatic heterocycles. The van der Waals surface area contributed by atoms with Gasteiger partial charge in [-0.25, -0.2) is 4.79 Å². The van der Waals surface area contributed by atoms with E-state index in [0.29, 0.717) is 10.7 Å². The van der Waals surface area contributed by atoms with E-state index in [1.807, 2.05) is 39.0 Å². The number of thiocarbonyl (C=S) groups is 1. The van der Waals surface area contributed by atoms with Gasteiger partial charge in [-0.1, -0.05) is 36.4 Å². The second-order valence-corrected chi connectivity index (χ2v) is 6.54. The Bertz CT molecular complexity index is 842. The molecule has 0 aliphatic carbocycles. The maximum Gasteiger partial charge on any atom is 0.338 e. The minimum atomic E-state index is -0.330. The maximum atomic E-state index is 12.6. The van der Waals surface area contributed by atoms with Gasteiger partial charge in [0, 0.05) is 5.70 Å². The SMILES string of the molecule is CC1=C(C(=O)OC(C)C)[C@@H](c2ccc3ccccc3c2)NC(=S)N1. The molecule has 124 valence electrons. The monoisotopic (exact) mass is 340 g/mol. The molecule has 0 saturated carbocycles. The van der Waals surface area contributed by atoms with Crippen LogP contribution in [0.4, 0.5) is 0 Å². The smallest absolute Gasteiger partial charge is 0.338 e. The molecule has 0 spiro atoms. The lowest BCUT2D eigenvalue weighted by Gasteiger charge is -2.30. The molecule has 4 nitrogen and oxygen atoms in total. The molecule has 2 aromatic rings. The fourth-order valence-corrected chi connectivity index (χ4v) is 3.15. The molecule has 0 fully saturated rings. The third kappa shape index (κ3) is 3.26. The largest absolute Gasteiger partial charge is 0.459 e. The Morgan fingerprint density at radius 3 is 2.58 bits per heavy atom. The summed E-state index contributed by atoms with van der Waals surface area (Å²) in [6.07, 6.45) is -0.177. The highest BCUT2D eigenvalue weighted by Gasteiger charge is 2.31. The van der Waals surface area contributed by atoms with Crippen molar-refractivity contribution >= 4 is 34.1 Å². The molecule has 24 heavy (non-hydrogen) atoms. The Hall–Kier alpha value is -2.40. The van der Waals surface area contributed by atoms with Crippen LogP contribution in [-0.4, -0.2) is 17.2 Å². The average molecular weight is 340 g/mol. The standard InChI is InChI=1S/C19H20N2O2S/c1-11(2)23-18(22)16-12(3)20-19(24)21-17(16)15-9-8-13-6-4-5-7-14(13)10-15/h4-11,17H,1-3H3,(H2,20,21,24)/t17-/m1/s1. The van der Waals surface area contributed by atoms with Crippen molar-refractivity contribution in [3.05, 3.63) is 59.3 Å². The molecule has 5 heteroatoms. The molecule has 1 heterocycles. The van der Waals surface area contributed by atoms with E-state index in [9.17, 15) is 4.79 Å². The molecule has 0 unspecified atom stereocenters. The number of benzene rings is 2. The Balaban J connectivity index is 2.05. The summed E-state index contributed by atoms with van der Waals surface area (Å²) in [5.74, 6) is -0.330. The van der Waals surface area contributed by atoms with Crippen molar-refractivity contribution < 1.29 is 9.53 Å². The van der Waals surface area contributed by atoms with Gasteiger partial charge in [0.25, 0.3) is 0 Å². The van der Waals surface area contributed by atoms with E-state index in [0.717, 1.165) is 22.0 Å². The molecule has 1 atom stereocenters. The van der Waals surface area contributed by atoms with Crippen LogP contribution in [0.1, 0.15) is 32.4 Å². The lowest BCUT2D eigenvalue weighted by atomic mass is 9.94. The first kappa shape index (κ1) is 16.5. The highest BCUT2D eigenvalue weighted by atomic mass is 32.1. The highest BCUT2D eigenvalue weighted by molar-refractivity contribution is 7.80. The molecule has 1 aliphatic heterocycles. The average Bonchev–Trinajstić information content (AvgIpc) is 2.52. The van der Waals surface area contributed by atoms with E-state index in [1.54, 1.807) is 0 Å². The molecule has 2 aromatic carbocycles. The zero-order valence-electron chi connectivity index (χ0n) is 13.9. The Kier molecular flexibility index (Phi) is 4.53. The van der Waals surface area contributed by atoms with E-state index in [1.165, 1.54) is 0 Å². The number of rotatable bonds is 3. The topological polar surface area (TPSA) is 50.4 Å².